The van der Waals surface area contributed by atoms with E-state index in [4.69, 9.17) is 4.74 Å². The van der Waals surface area contributed by atoms with E-state index in [0.29, 0.717) is 17.6 Å². The second-order valence-electron chi connectivity index (χ2n) is 6.87. The van der Waals surface area contributed by atoms with Crippen LogP contribution in [-0.2, 0) is 4.79 Å². The standard InChI is InChI=1S/C19H26O3/c20-17-7-1-14(2-8-17)13-22-19-11-5-16(6-12-19)15-3-9-18(21)10-4-15/h5-6,11-12,14-15,17,20H,1-4,7-10,13H2/t14-,17-. The molecular formula is C19H26O3. The number of benzene rings is 1. The highest BCUT2D eigenvalue weighted by Crippen LogP contribution is 2.32. The van der Waals surface area contributed by atoms with Crippen molar-refractivity contribution in [2.24, 2.45) is 5.92 Å². The molecule has 22 heavy (non-hydrogen) atoms. The Kier molecular flexibility index (Phi) is 5.14. The summed E-state index contributed by atoms with van der Waals surface area (Å²) in [7, 11) is 0. The smallest absolute Gasteiger partial charge is 0.132 e. The molecule has 0 aliphatic heterocycles. The quantitative estimate of drug-likeness (QED) is 0.919. The van der Waals surface area contributed by atoms with Crippen molar-refractivity contribution in [1.82, 2.24) is 0 Å². The lowest BCUT2D eigenvalue weighted by atomic mass is 9.83. The minimum Gasteiger partial charge on any atom is -0.493 e. The minimum atomic E-state index is -0.0992. The first-order chi connectivity index (χ1) is 10.7. The van der Waals surface area contributed by atoms with Gasteiger partial charge in [-0.3, -0.25) is 4.79 Å². The van der Waals surface area contributed by atoms with Gasteiger partial charge in [0.25, 0.3) is 0 Å². The molecule has 0 spiro atoms. The number of aliphatic hydroxyl groups is 1. The Bertz CT molecular complexity index is 476. The zero-order valence-electron chi connectivity index (χ0n) is 13.2. The molecule has 1 aromatic rings. The summed E-state index contributed by atoms with van der Waals surface area (Å²) in [6.07, 6.45) is 7.29. The zero-order chi connectivity index (χ0) is 15.4. The third kappa shape index (κ3) is 4.10. The Morgan fingerprint density at radius 3 is 2.23 bits per heavy atom. The van der Waals surface area contributed by atoms with Crippen LogP contribution in [0.25, 0.3) is 0 Å². The fraction of sp³-hybridized carbons (Fsp3) is 0.632. The molecule has 3 heteroatoms. The third-order valence-corrected chi connectivity index (χ3v) is 5.20. The molecule has 0 unspecified atom stereocenters. The normalized spacial score (nSPS) is 26.9. The molecule has 2 saturated carbocycles. The molecule has 0 heterocycles. The van der Waals surface area contributed by atoms with E-state index in [2.05, 4.69) is 24.3 Å². The number of hydrogen-bond donors (Lipinski definition) is 1. The van der Waals surface area contributed by atoms with E-state index < -0.39 is 0 Å². The summed E-state index contributed by atoms with van der Waals surface area (Å²) in [6, 6.07) is 8.42. The Hall–Kier alpha value is -1.35. The monoisotopic (exact) mass is 302 g/mol. The highest BCUT2D eigenvalue weighted by atomic mass is 16.5. The van der Waals surface area contributed by atoms with Gasteiger partial charge >= 0.3 is 0 Å². The minimum absolute atomic E-state index is 0.0992. The van der Waals surface area contributed by atoms with E-state index in [-0.39, 0.29) is 6.10 Å². The van der Waals surface area contributed by atoms with Crippen molar-refractivity contribution < 1.29 is 14.6 Å². The van der Waals surface area contributed by atoms with Crippen LogP contribution in [0.5, 0.6) is 5.75 Å². The Morgan fingerprint density at radius 1 is 0.955 bits per heavy atom. The number of aliphatic hydroxyl groups excluding tert-OH is 1. The van der Waals surface area contributed by atoms with E-state index >= 15 is 0 Å². The maximum absolute atomic E-state index is 11.3. The van der Waals surface area contributed by atoms with Gasteiger partial charge < -0.3 is 9.84 Å². The Balaban J connectivity index is 1.48. The van der Waals surface area contributed by atoms with Crippen molar-refractivity contribution in [1.29, 1.82) is 0 Å². The van der Waals surface area contributed by atoms with Crippen molar-refractivity contribution >= 4 is 5.78 Å². The van der Waals surface area contributed by atoms with Gasteiger partial charge in [-0.15, -0.1) is 0 Å². The molecule has 120 valence electrons. The van der Waals surface area contributed by atoms with Crippen LogP contribution in [0.15, 0.2) is 24.3 Å². The lowest BCUT2D eigenvalue weighted by molar-refractivity contribution is -0.120. The van der Waals surface area contributed by atoms with Crippen molar-refractivity contribution in [2.45, 2.75) is 63.4 Å². The molecule has 0 amide bonds. The van der Waals surface area contributed by atoms with E-state index in [0.717, 1.165) is 63.7 Å². The van der Waals surface area contributed by atoms with Gasteiger partial charge in [-0.05, 0) is 68.1 Å². The molecule has 2 fully saturated rings. The molecule has 0 aromatic heterocycles. The summed E-state index contributed by atoms with van der Waals surface area (Å²) in [6.45, 7) is 0.754. The molecule has 0 saturated heterocycles. The fourth-order valence-corrected chi connectivity index (χ4v) is 3.63. The predicted octanol–water partition coefficient (Wildman–Crippen LogP) is 3.84. The van der Waals surface area contributed by atoms with Gasteiger partial charge in [-0.2, -0.15) is 0 Å². The molecule has 3 rings (SSSR count). The molecule has 1 N–H and O–H groups in total. The maximum Gasteiger partial charge on any atom is 0.132 e. The SMILES string of the molecule is O=C1CCC(c2ccc(OC[C@H]3CC[C@H](O)CC3)cc2)CC1. The van der Waals surface area contributed by atoms with Crippen LogP contribution in [0.2, 0.25) is 0 Å². The topological polar surface area (TPSA) is 46.5 Å². The molecule has 0 bridgehead atoms. The van der Waals surface area contributed by atoms with E-state index in [1.54, 1.807) is 0 Å². The van der Waals surface area contributed by atoms with Crippen molar-refractivity contribution in [3.05, 3.63) is 29.8 Å². The number of ether oxygens (including phenoxy) is 1. The van der Waals surface area contributed by atoms with Gasteiger partial charge in [-0.1, -0.05) is 12.1 Å². The Morgan fingerprint density at radius 2 is 1.59 bits per heavy atom. The number of Topliss-reactive ketones (excluding diaryl/α,β-unsaturated/α-hetero) is 1. The van der Waals surface area contributed by atoms with Crippen LogP contribution in [0.3, 0.4) is 0 Å². The second kappa shape index (κ2) is 7.28. The van der Waals surface area contributed by atoms with Crippen molar-refractivity contribution in [3.8, 4) is 5.75 Å². The number of carbonyl (C=O) groups is 1. The van der Waals surface area contributed by atoms with Crippen LogP contribution in [0.4, 0.5) is 0 Å². The summed E-state index contributed by atoms with van der Waals surface area (Å²) in [5.74, 6) is 2.45. The van der Waals surface area contributed by atoms with Crippen molar-refractivity contribution in [2.75, 3.05) is 6.61 Å². The first-order valence-electron chi connectivity index (χ1n) is 8.63. The van der Waals surface area contributed by atoms with Gasteiger partial charge in [0.05, 0.1) is 12.7 Å². The van der Waals surface area contributed by atoms with E-state index in [9.17, 15) is 9.90 Å². The molecule has 3 nitrogen and oxygen atoms in total. The van der Waals surface area contributed by atoms with Crippen LogP contribution >= 0.6 is 0 Å². The van der Waals surface area contributed by atoms with Gasteiger partial charge in [0.1, 0.15) is 11.5 Å². The molecule has 1 aromatic carbocycles. The van der Waals surface area contributed by atoms with Gasteiger partial charge in [0.2, 0.25) is 0 Å². The first-order valence-corrected chi connectivity index (χ1v) is 8.63. The summed E-state index contributed by atoms with van der Waals surface area (Å²) >= 11 is 0. The highest BCUT2D eigenvalue weighted by Gasteiger charge is 2.21. The van der Waals surface area contributed by atoms with Crippen LogP contribution in [0, 0.1) is 5.92 Å². The van der Waals surface area contributed by atoms with Crippen molar-refractivity contribution in [3.63, 3.8) is 0 Å². The number of carbonyl (C=O) groups excluding carboxylic acids is 1. The largest absolute Gasteiger partial charge is 0.493 e. The van der Waals surface area contributed by atoms with E-state index in [1.807, 2.05) is 0 Å². The average molecular weight is 302 g/mol. The van der Waals surface area contributed by atoms with Crippen LogP contribution in [-0.4, -0.2) is 23.6 Å². The molecule has 0 radical (unpaired) electrons. The van der Waals surface area contributed by atoms with Gasteiger partial charge in [-0.25, -0.2) is 0 Å². The zero-order valence-corrected chi connectivity index (χ0v) is 13.2. The van der Waals surface area contributed by atoms with Gasteiger partial charge in [0, 0.05) is 12.8 Å². The summed E-state index contributed by atoms with van der Waals surface area (Å²) in [5, 5.41) is 9.52. The van der Waals surface area contributed by atoms with Crippen LogP contribution < -0.4 is 4.74 Å². The lowest BCUT2D eigenvalue weighted by Crippen LogP contribution is -2.22. The molecule has 2 aliphatic carbocycles. The molecule has 0 atom stereocenters. The highest BCUT2D eigenvalue weighted by molar-refractivity contribution is 5.79. The molecular weight excluding hydrogens is 276 g/mol. The van der Waals surface area contributed by atoms with Crippen LogP contribution in [0.1, 0.15) is 62.8 Å². The van der Waals surface area contributed by atoms with Gasteiger partial charge in [0.15, 0.2) is 0 Å². The fourth-order valence-electron chi connectivity index (χ4n) is 3.63. The first kappa shape index (κ1) is 15.5. The third-order valence-electron chi connectivity index (χ3n) is 5.20. The summed E-state index contributed by atoms with van der Waals surface area (Å²) in [5.41, 5.74) is 1.33. The Labute approximate surface area is 132 Å². The number of rotatable bonds is 4. The number of ketones is 1. The van der Waals surface area contributed by atoms with E-state index in [1.165, 1.54) is 5.56 Å². The lowest BCUT2D eigenvalue weighted by Gasteiger charge is -2.25. The average Bonchev–Trinajstić information content (AvgIpc) is 2.56. The summed E-state index contributed by atoms with van der Waals surface area (Å²) in [4.78, 5) is 11.3. The second-order valence-corrected chi connectivity index (χ2v) is 6.87. The maximum atomic E-state index is 11.3. The number of hydrogen-bond acceptors (Lipinski definition) is 3. The molecule has 2 aliphatic rings. The predicted molar refractivity (Wildman–Crippen MR) is 86.1 cm³/mol. The summed E-state index contributed by atoms with van der Waals surface area (Å²) < 4.78 is 5.90.